The van der Waals surface area contributed by atoms with Crippen molar-refractivity contribution in [1.82, 2.24) is 10.2 Å². The first-order valence-electron chi connectivity index (χ1n) is 4.27. The number of hydrogen-bond acceptors (Lipinski definition) is 2. The van der Waals surface area contributed by atoms with Gasteiger partial charge in [0, 0.05) is 16.8 Å². The fourth-order valence-electron chi connectivity index (χ4n) is 1.34. The fraction of sp³-hybridized carbons (Fsp3) is 0.100. The standard InChI is InChI=1S/C10H10ClN3/c11-9-4-2-1-3-8(9)10(12)7-5-13-14-6-7/h1-6,10H,12H2,(H,13,14). The van der Waals surface area contributed by atoms with Crippen LogP contribution in [0.5, 0.6) is 0 Å². The first kappa shape index (κ1) is 9.24. The molecule has 1 heterocycles. The van der Waals surface area contributed by atoms with Gasteiger partial charge in [0.15, 0.2) is 0 Å². The lowest BCUT2D eigenvalue weighted by Gasteiger charge is -2.10. The first-order valence-corrected chi connectivity index (χ1v) is 4.65. The molecule has 3 nitrogen and oxygen atoms in total. The largest absolute Gasteiger partial charge is 0.320 e. The number of halogens is 1. The summed E-state index contributed by atoms with van der Waals surface area (Å²) < 4.78 is 0. The molecule has 0 aliphatic rings. The summed E-state index contributed by atoms with van der Waals surface area (Å²) in [5.41, 5.74) is 7.86. The molecule has 0 fully saturated rings. The van der Waals surface area contributed by atoms with Gasteiger partial charge in [0.05, 0.1) is 12.2 Å². The Kier molecular flexibility index (Phi) is 2.52. The number of benzene rings is 1. The van der Waals surface area contributed by atoms with Crippen LogP contribution in [-0.4, -0.2) is 10.2 Å². The summed E-state index contributed by atoms with van der Waals surface area (Å²) in [5.74, 6) is 0. The van der Waals surface area contributed by atoms with E-state index in [1.54, 1.807) is 12.4 Å². The predicted octanol–water partition coefficient (Wildman–Crippen LogP) is 2.11. The normalized spacial score (nSPS) is 12.7. The number of H-pyrrole nitrogens is 1. The molecule has 0 amide bonds. The van der Waals surface area contributed by atoms with E-state index in [0.29, 0.717) is 5.02 Å². The lowest BCUT2D eigenvalue weighted by molar-refractivity contribution is 0.873. The monoisotopic (exact) mass is 207 g/mol. The van der Waals surface area contributed by atoms with E-state index < -0.39 is 0 Å². The molecule has 0 bridgehead atoms. The van der Waals surface area contributed by atoms with Crippen molar-refractivity contribution in [1.29, 1.82) is 0 Å². The SMILES string of the molecule is NC(c1cn[nH]c1)c1ccccc1Cl. The second-order valence-corrected chi connectivity index (χ2v) is 3.44. The second-order valence-electron chi connectivity index (χ2n) is 3.03. The van der Waals surface area contributed by atoms with Crippen molar-refractivity contribution in [2.24, 2.45) is 5.73 Å². The summed E-state index contributed by atoms with van der Waals surface area (Å²) in [5, 5.41) is 7.26. The van der Waals surface area contributed by atoms with Crippen LogP contribution >= 0.6 is 11.6 Å². The van der Waals surface area contributed by atoms with E-state index in [4.69, 9.17) is 17.3 Å². The first-order chi connectivity index (χ1) is 6.79. The predicted molar refractivity (Wildman–Crippen MR) is 56.1 cm³/mol. The van der Waals surface area contributed by atoms with Crippen LogP contribution in [0.1, 0.15) is 17.2 Å². The molecule has 1 atom stereocenters. The maximum atomic E-state index is 6.03. The van der Waals surface area contributed by atoms with Crippen molar-refractivity contribution < 1.29 is 0 Å². The maximum absolute atomic E-state index is 6.03. The summed E-state index contributed by atoms with van der Waals surface area (Å²) in [6.45, 7) is 0. The van der Waals surface area contributed by atoms with E-state index in [0.717, 1.165) is 11.1 Å². The Hall–Kier alpha value is -1.32. The van der Waals surface area contributed by atoms with Gasteiger partial charge < -0.3 is 5.73 Å². The molecule has 14 heavy (non-hydrogen) atoms. The lowest BCUT2D eigenvalue weighted by atomic mass is 10.0. The molecule has 0 aliphatic carbocycles. The summed E-state index contributed by atoms with van der Waals surface area (Å²) >= 11 is 6.03. The number of nitrogens with zero attached hydrogens (tertiary/aromatic N) is 1. The molecular formula is C10H10ClN3. The maximum Gasteiger partial charge on any atom is 0.0597 e. The topological polar surface area (TPSA) is 54.7 Å². The number of aromatic amines is 1. The minimum absolute atomic E-state index is 0.220. The van der Waals surface area contributed by atoms with E-state index in [-0.39, 0.29) is 6.04 Å². The van der Waals surface area contributed by atoms with Crippen molar-refractivity contribution in [3.8, 4) is 0 Å². The molecule has 0 aliphatic heterocycles. The van der Waals surface area contributed by atoms with Gasteiger partial charge in [0.2, 0.25) is 0 Å². The lowest BCUT2D eigenvalue weighted by Crippen LogP contribution is -2.11. The molecule has 3 N–H and O–H groups in total. The van der Waals surface area contributed by atoms with Crippen molar-refractivity contribution >= 4 is 11.6 Å². The molecule has 2 aromatic rings. The fourth-order valence-corrected chi connectivity index (χ4v) is 1.59. The second kappa shape index (κ2) is 3.82. The molecule has 1 aromatic carbocycles. The number of aromatic nitrogens is 2. The number of rotatable bonds is 2. The van der Waals surface area contributed by atoms with E-state index in [1.165, 1.54) is 0 Å². The highest BCUT2D eigenvalue weighted by Crippen LogP contribution is 2.25. The molecular weight excluding hydrogens is 198 g/mol. The van der Waals surface area contributed by atoms with Gasteiger partial charge >= 0.3 is 0 Å². The highest BCUT2D eigenvalue weighted by molar-refractivity contribution is 6.31. The molecule has 1 unspecified atom stereocenters. The molecule has 1 aromatic heterocycles. The van der Waals surface area contributed by atoms with Crippen molar-refractivity contribution in [3.05, 3.63) is 52.8 Å². The highest BCUT2D eigenvalue weighted by Gasteiger charge is 2.12. The summed E-state index contributed by atoms with van der Waals surface area (Å²) in [7, 11) is 0. The van der Waals surface area contributed by atoms with Crippen LogP contribution < -0.4 is 5.73 Å². The Morgan fingerprint density at radius 2 is 2.14 bits per heavy atom. The van der Waals surface area contributed by atoms with Crippen LogP contribution in [0.4, 0.5) is 0 Å². The van der Waals surface area contributed by atoms with E-state index in [2.05, 4.69) is 10.2 Å². The molecule has 0 saturated carbocycles. The molecule has 72 valence electrons. The van der Waals surface area contributed by atoms with Crippen LogP contribution in [-0.2, 0) is 0 Å². The smallest absolute Gasteiger partial charge is 0.0597 e. The van der Waals surface area contributed by atoms with Crippen LogP contribution in [0, 0.1) is 0 Å². The van der Waals surface area contributed by atoms with E-state index in [9.17, 15) is 0 Å². The molecule has 0 radical (unpaired) electrons. The van der Waals surface area contributed by atoms with E-state index in [1.807, 2.05) is 24.3 Å². The Labute approximate surface area is 86.9 Å². The summed E-state index contributed by atoms with van der Waals surface area (Å²) in [4.78, 5) is 0. The Morgan fingerprint density at radius 1 is 1.36 bits per heavy atom. The van der Waals surface area contributed by atoms with Crippen molar-refractivity contribution in [3.63, 3.8) is 0 Å². The van der Waals surface area contributed by atoms with Gasteiger partial charge in [0.1, 0.15) is 0 Å². The average molecular weight is 208 g/mol. The van der Waals surface area contributed by atoms with Gasteiger partial charge in [0.25, 0.3) is 0 Å². The van der Waals surface area contributed by atoms with Gasteiger partial charge in [-0.1, -0.05) is 29.8 Å². The Balaban J connectivity index is 2.37. The third-order valence-electron chi connectivity index (χ3n) is 2.12. The minimum atomic E-state index is -0.220. The van der Waals surface area contributed by atoms with Gasteiger partial charge in [-0.15, -0.1) is 0 Å². The summed E-state index contributed by atoms with van der Waals surface area (Å²) in [6.07, 6.45) is 3.47. The third kappa shape index (κ3) is 1.64. The van der Waals surface area contributed by atoms with Crippen LogP contribution in [0.2, 0.25) is 5.02 Å². The molecule has 2 rings (SSSR count). The van der Waals surface area contributed by atoms with Gasteiger partial charge in [-0.3, -0.25) is 5.10 Å². The zero-order chi connectivity index (χ0) is 9.97. The third-order valence-corrected chi connectivity index (χ3v) is 2.46. The van der Waals surface area contributed by atoms with Crippen LogP contribution in [0.25, 0.3) is 0 Å². The van der Waals surface area contributed by atoms with Gasteiger partial charge in [-0.05, 0) is 11.6 Å². The Bertz CT molecular complexity index is 411. The quantitative estimate of drug-likeness (QED) is 0.793. The van der Waals surface area contributed by atoms with Crippen LogP contribution in [0.15, 0.2) is 36.7 Å². The van der Waals surface area contributed by atoms with E-state index >= 15 is 0 Å². The van der Waals surface area contributed by atoms with Crippen molar-refractivity contribution in [2.45, 2.75) is 6.04 Å². The van der Waals surface area contributed by atoms with Gasteiger partial charge in [-0.25, -0.2) is 0 Å². The van der Waals surface area contributed by atoms with Crippen molar-refractivity contribution in [2.75, 3.05) is 0 Å². The number of hydrogen-bond donors (Lipinski definition) is 2. The zero-order valence-electron chi connectivity index (χ0n) is 7.44. The molecule has 4 heteroatoms. The molecule has 0 spiro atoms. The molecule has 0 saturated heterocycles. The van der Waals surface area contributed by atoms with Crippen LogP contribution in [0.3, 0.4) is 0 Å². The highest BCUT2D eigenvalue weighted by atomic mass is 35.5. The number of nitrogens with two attached hydrogens (primary N) is 1. The summed E-state index contributed by atoms with van der Waals surface area (Å²) in [6, 6.07) is 7.33. The zero-order valence-corrected chi connectivity index (χ0v) is 8.20. The minimum Gasteiger partial charge on any atom is -0.320 e. The van der Waals surface area contributed by atoms with Gasteiger partial charge in [-0.2, -0.15) is 5.10 Å². The number of nitrogens with one attached hydrogen (secondary N) is 1. The Morgan fingerprint density at radius 3 is 2.79 bits per heavy atom. The average Bonchev–Trinajstić information content (AvgIpc) is 2.70.